The summed E-state index contributed by atoms with van der Waals surface area (Å²) in [4.78, 5) is 18.6. The van der Waals surface area contributed by atoms with Gasteiger partial charge in [0, 0.05) is 6.42 Å². The summed E-state index contributed by atoms with van der Waals surface area (Å²) in [6, 6.07) is 1.80. The fourth-order valence-corrected chi connectivity index (χ4v) is 0.901. The number of aromatic nitrogens is 2. The van der Waals surface area contributed by atoms with Gasteiger partial charge in [-0.25, -0.2) is 9.97 Å². The van der Waals surface area contributed by atoms with E-state index in [0.717, 1.165) is 6.42 Å². The predicted octanol–water partition coefficient (Wildman–Crippen LogP) is 1.09. The number of nitrogens with one attached hydrogen (secondary N) is 1. The molecule has 5 heteroatoms. The monoisotopic (exact) mass is 190 g/mol. The molecule has 0 radical (unpaired) electrons. The molecule has 1 aromatic rings. The fourth-order valence-electron chi connectivity index (χ4n) is 0.901. The Morgan fingerprint density at radius 2 is 2.21 bits per heavy atom. The van der Waals surface area contributed by atoms with Crippen molar-refractivity contribution in [3.8, 4) is 6.07 Å². The van der Waals surface area contributed by atoms with E-state index in [9.17, 15) is 4.79 Å². The van der Waals surface area contributed by atoms with Crippen molar-refractivity contribution in [1.82, 2.24) is 9.97 Å². The van der Waals surface area contributed by atoms with Crippen LogP contribution in [0.25, 0.3) is 0 Å². The normalized spacial score (nSPS) is 9.14. The van der Waals surface area contributed by atoms with Gasteiger partial charge in [0.1, 0.15) is 6.07 Å². The Labute approximate surface area is 81.8 Å². The van der Waals surface area contributed by atoms with Crippen LogP contribution in [0.4, 0.5) is 5.69 Å². The lowest BCUT2D eigenvalue weighted by Gasteiger charge is -2.01. The van der Waals surface area contributed by atoms with Crippen molar-refractivity contribution in [1.29, 1.82) is 5.26 Å². The van der Waals surface area contributed by atoms with E-state index in [4.69, 9.17) is 5.26 Å². The molecule has 1 rings (SSSR count). The summed E-state index contributed by atoms with van der Waals surface area (Å²) in [5.74, 6) is 0.0271. The maximum absolute atomic E-state index is 11.1. The van der Waals surface area contributed by atoms with E-state index < -0.39 is 0 Å². The van der Waals surface area contributed by atoms with Crippen molar-refractivity contribution >= 4 is 11.6 Å². The fraction of sp³-hybridized carbons (Fsp3) is 0.333. The van der Waals surface area contributed by atoms with Crippen LogP contribution in [0.5, 0.6) is 0 Å². The average molecular weight is 190 g/mol. The Balaban J connectivity index is 2.61. The van der Waals surface area contributed by atoms with E-state index in [1.807, 2.05) is 6.92 Å². The van der Waals surface area contributed by atoms with Crippen LogP contribution >= 0.6 is 0 Å². The van der Waals surface area contributed by atoms with Crippen molar-refractivity contribution in [2.75, 3.05) is 5.32 Å². The van der Waals surface area contributed by atoms with Gasteiger partial charge >= 0.3 is 0 Å². The van der Waals surface area contributed by atoms with E-state index in [0.29, 0.717) is 12.1 Å². The summed E-state index contributed by atoms with van der Waals surface area (Å²) in [7, 11) is 0. The zero-order chi connectivity index (χ0) is 10.4. The molecular formula is C9H10N4O. The van der Waals surface area contributed by atoms with Gasteiger partial charge in [-0.3, -0.25) is 4.79 Å². The maximum atomic E-state index is 11.1. The predicted molar refractivity (Wildman–Crippen MR) is 50.3 cm³/mol. The number of amides is 1. The van der Waals surface area contributed by atoms with Gasteiger partial charge in [-0.2, -0.15) is 5.26 Å². The van der Waals surface area contributed by atoms with Gasteiger partial charge in [0.15, 0.2) is 0 Å². The quantitative estimate of drug-likeness (QED) is 0.773. The van der Waals surface area contributed by atoms with Crippen LogP contribution in [0.2, 0.25) is 0 Å². The second kappa shape index (κ2) is 4.92. The first kappa shape index (κ1) is 10.1. The minimum atomic E-state index is -0.0687. The largest absolute Gasteiger partial charge is 0.323 e. The second-order valence-electron chi connectivity index (χ2n) is 2.71. The van der Waals surface area contributed by atoms with E-state index in [2.05, 4.69) is 15.3 Å². The van der Waals surface area contributed by atoms with E-state index in [1.54, 1.807) is 6.07 Å². The number of rotatable bonds is 3. The highest BCUT2D eigenvalue weighted by molar-refractivity contribution is 5.90. The van der Waals surface area contributed by atoms with Crippen LogP contribution in [-0.4, -0.2) is 15.9 Å². The second-order valence-corrected chi connectivity index (χ2v) is 2.71. The van der Waals surface area contributed by atoms with Crippen molar-refractivity contribution in [2.24, 2.45) is 0 Å². The molecule has 0 aromatic carbocycles. The first-order valence-corrected chi connectivity index (χ1v) is 4.28. The van der Waals surface area contributed by atoms with Gasteiger partial charge in [0.05, 0.1) is 18.1 Å². The Kier molecular flexibility index (Phi) is 3.56. The smallest absolute Gasteiger partial charge is 0.232 e. The van der Waals surface area contributed by atoms with E-state index in [-0.39, 0.29) is 11.7 Å². The highest BCUT2D eigenvalue weighted by atomic mass is 16.1. The third-order valence-corrected chi connectivity index (χ3v) is 1.51. The van der Waals surface area contributed by atoms with Gasteiger partial charge in [0.25, 0.3) is 0 Å². The molecule has 0 aliphatic heterocycles. The molecule has 0 saturated carbocycles. The molecule has 0 fully saturated rings. The molecule has 14 heavy (non-hydrogen) atoms. The third kappa shape index (κ3) is 2.83. The minimum absolute atomic E-state index is 0.0687. The molecule has 1 amide bonds. The third-order valence-electron chi connectivity index (χ3n) is 1.51. The summed E-state index contributed by atoms with van der Waals surface area (Å²) in [5, 5.41) is 11.1. The Hall–Kier alpha value is -1.96. The SMILES string of the molecule is CCCC(=O)Nc1cnc(C#N)nc1. The van der Waals surface area contributed by atoms with Gasteiger partial charge in [-0.05, 0) is 6.42 Å². The standard InChI is InChI=1S/C9H10N4O/c1-2-3-9(14)13-7-5-11-8(4-10)12-6-7/h5-6H,2-3H2,1H3,(H,13,14). The Morgan fingerprint density at radius 1 is 1.57 bits per heavy atom. The van der Waals surface area contributed by atoms with Crippen LogP contribution in [-0.2, 0) is 4.79 Å². The lowest BCUT2D eigenvalue weighted by Crippen LogP contribution is -2.11. The zero-order valence-electron chi connectivity index (χ0n) is 7.82. The molecule has 0 spiro atoms. The van der Waals surface area contributed by atoms with Crippen LogP contribution in [0, 0.1) is 11.3 Å². The number of hydrogen-bond donors (Lipinski definition) is 1. The van der Waals surface area contributed by atoms with Crippen molar-refractivity contribution in [2.45, 2.75) is 19.8 Å². The molecule has 0 aliphatic rings. The number of carbonyl (C=O) groups is 1. The van der Waals surface area contributed by atoms with Crippen molar-refractivity contribution in [3.05, 3.63) is 18.2 Å². The summed E-state index contributed by atoms with van der Waals surface area (Å²) in [6.45, 7) is 1.93. The van der Waals surface area contributed by atoms with E-state index >= 15 is 0 Å². The molecule has 1 heterocycles. The summed E-state index contributed by atoms with van der Waals surface area (Å²) >= 11 is 0. The average Bonchev–Trinajstić information content (AvgIpc) is 2.19. The number of hydrogen-bond acceptors (Lipinski definition) is 4. The number of nitriles is 1. The molecule has 0 atom stereocenters. The number of carbonyl (C=O) groups excluding carboxylic acids is 1. The molecule has 5 nitrogen and oxygen atoms in total. The summed E-state index contributed by atoms with van der Waals surface area (Å²) < 4.78 is 0. The van der Waals surface area contributed by atoms with Crippen LogP contribution in [0.3, 0.4) is 0 Å². The Morgan fingerprint density at radius 3 is 2.71 bits per heavy atom. The van der Waals surface area contributed by atoms with Crippen LogP contribution < -0.4 is 5.32 Å². The summed E-state index contributed by atoms with van der Waals surface area (Å²) in [6.07, 6.45) is 4.10. The van der Waals surface area contributed by atoms with Crippen molar-refractivity contribution < 1.29 is 4.79 Å². The lowest BCUT2D eigenvalue weighted by atomic mass is 10.3. The van der Waals surface area contributed by atoms with Gasteiger partial charge in [0.2, 0.25) is 11.7 Å². The molecule has 0 aliphatic carbocycles. The maximum Gasteiger partial charge on any atom is 0.232 e. The molecule has 0 bridgehead atoms. The Bertz CT molecular complexity index is 352. The first-order valence-electron chi connectivity index (χ1n) is 4.28. The van der Waals surface area contributed by atoms with Crippen LogP contribution in [0.15, 0.2) is 12.4 Å². The minimum Gasteiger partial charge on any atom is -0.323 e. The highest BCUT2D eigenvalue weighted by Crippen LogP contribution is 2.03. The summed E-state index contributed by atoms with van der Waals surface area (Å²) in [5.41, 5.74) is 0.516. The van der Waals surface area contributed by atoms with Gasteiger partial charge < -0.3 is 5.32 Å². The molecule has 1 aromatic heterocycles. The molecule has 72 valence electrons. The molecule has 0 saturated heterocycles. The number of anilines is 1. The van der Waals surface area contributed by atoms with Gasteiger partial charge in [-0.1, -0.05) is 6.92 Å². The molecular weight excluding hydrogens is 180 g/mol. The van der Waals surface area contributed by atoms with Crippen molar-refractivity contribution in [3.63, 3.8) is 0 Å². The zero-order valence-corrected chi connectivity index (χ0v) is 7.82. The van der Waals surface area contributed by atoms with E-state index in [1.165, 1.54) is 12.4 Å². The highest BCUT2D eigenvalue weighted by Gasteiger charge is 2.01. The first-order chi connectivity index (χ1) is 6.76. The lowest BCUT2D eigenvalue weighted by molar-refractivity contribution is -0.116. The van der Waals surface area contributed by atoms with Crippen LogP contribution in [0.1, 0.15) is 25.6 Å². The molecule has 1 N–H and O–H groups in total. The van der Waals surface area contributed by atoms with Gasteiger partial charge in [-0.15, -0.1) is 0 Å². The number of nitrogens with zero attached hydrogens (tertiary/aromatic N) is 3. The molecule has 0 unspecified atom stereocenters. The topological polar surface area (TPSA) is 78.7 Å².